The van der Waals surface area contributed by atoms with Gasteiger partial charge < -0.3 is 4.74 Å². The number of rotatable bonds is 1. The highest BCUT2D eigenvalue weighted by Crippen LogP contribution is 2.46. The zero-order valence-corrected chi connectivity index (χ0v) is 10.7. The lowest BCUT2D eigenvalue weighted by Gasteiger charge is -2.35. The molecule has 1 saturated heterocycles. The van der Waals surface area contributed by atoms with Crippen molar-refractivity contribution in [1.29, 1.82) is 0 Å². The summed E-state index contributed by atoms with van der Waals surface area (Å²) in [6, 6.07) is 4.00. The van der Waals surface area contributed by atoms with Gasteiger partial charge in [0.25, 0.3) is 0 Å². The predicted octanol–water partition coefficient (Wildman–Crippen LogP) is 3.62. The summed E-state index contributed by atoms with van der Waals surface area (Å²) in [4.78, 5) is 2.28. The second kappa shape index (κ2) is 4.40. The van der Waals surface area contributed by atoms with E-state index < -0.39 is 11.7 Å². The van der Waals surface area contributed by atoms with Gasteiger partial charge in [-0.25, -0.2) is 0 Å². The van der Waals surface area contributed by atoms with Crippen molar-refractivity contribution in [3.05, 3.63) is 29.3 Å². The molecule has 0 radical (unpaired) electrons. The van der Waals surface area contributed by atoms with Gasteiger partial charge in [-0.2, -0.15) is 13.2 Å². The number of fused-ring (bicyclic) bond motifs is 3. The third-order valence-corrected chi connectivity index (χ3v) is 4.02. The fraction of sp³-hybridized carbons (Fsp3) is 0.571. The van der Waals surface area contributed by atoms with Crippen LogP contribution in [0.1, 0.15) is 36.9 Å². The Bertz CT molecular complexity index is 486. The molecule has 0 spiro atoms. The number of likely N-dealkylation sites (tertiary alicyclic amines) is 1. The molecule has 104 valence electrons. The quantitative estimate of drug-likeness (QED) is 0.773. The normalized spacial score (nSPS) is 26.7. The molecule has 2 aliphatic rings. The molecule has 1 aromatic carbocycles. The summed E-state index contributed by atoms with van der Waals surface area (Å²) in [6.45, 7) is 3.96. The first-order valence-corrected chi connectivity index (χ1v) is 6.62. The van der Waals surface area contributed by atoms with E-state index in [1.165, 1.54) is 0 Å². The van der Waals surface area contributed by atoms with E-state index in [0.29, 0.717) is 5.75 Å². The van der Waals surface area contributed by atoms with Gasteiger partial charge in [0.15, 0.2) is 0 Å². The van der Waals surface area contributed by atoms with Gasteiger partial charge in [-0.3, -0.25) is 4.90 Å². The summed E-state index contributed by atoms with van der Waals surface area (Å²) >= 11 is 0. The van der Waals surface area contributed by atoms with E-state index in [4.69, 9.17) is 4.74 Å². The number of alkyl halides is 3. The van der Waals surface area contributed by atoms with E-state index in [0.717, 1.165) is 43.6 Å². The van der Waals surface area contributed by atoms with Crippen LogP contribution in [0.5, 0.6) is 5.75 Å². The lowest BCUT2D eigenvalue weighted by Crippen LogP contribution is -2.40. The Labute approximate surface area is 110 Å². The van der Waals surface area contributed by atoms with Crippen molar-refractivity contribution in [3.8, 4) is 5.75 Å². The monoisotopic (exact) mass is 271 g/mol. The topological polar surface area (TPSA) is 12.5 Å². The van der Waals surface area contributed by atoms with Crippen molar-refractivity contribution in [3.63, 3.8) is 0 Å². The first-order valence-electron chi connectivity index (χ1n) is 6.62. The average molecular weight is 271 g/mol. The van der Waals surface area contributed by atoms with Crippen molar-refractivity contribution < 1.29 is 17.9 Å². The number of hydrogen-bond donors (Lipinski definition) is 0. The largest absolute Gasteiger partial charge is 0.488 e. The number of halogens is 3. The van der Waals surface area contributed by atoms with Crippen molar-refractivity contribution in [2.75, 3.05) is 13.1 Å². The summed E-state index contributed by atoms with van der Waals surface area (Å²) < 4.78 is 43.8. The third kappa shape index (κ3) is 2.10. The lowest BCUT2D eigenvalue weighted by molar-refractivity contribution is -0.137. The molecule has 2 heterocycles. The molecule has 2 aliphatic heterocycles. The van der Waals surface area contributed by atoms with E-state index in [-0.39, 0.29) is 12.1 Å². The van der Waals surface area contributed by atoms with E-state index in [2.05, 4.69) is 11.8 Å². The van der Waals surface area contributed by atoms with E-state index in [1.807, 2.05) is 0 Å². The number of likely N-dealkylation sites (N-methyl/N-ethyl adjacent to an activating group) is 1. The van der Waals surface area contributed by atoms with Gasteiger partial charge >= 0.3 is 6.18 Å². The minimum Gasteiger partial charge on any atom is -0.488 e. The maximum atomic E-state index is 12.7. The highest BCUT2D eigenvalue weighted by molar-refractivity contribution is 5.44. The smallest absolute Gasteiger partial charge is 0.416 e. The summed E-state index contributed by atoms with van der Waals surface area (Å²) in [5.41, 5.74) is 0.271. The Balaban J connectivity index is 1.97. The van der Waals surface area contributed by atoms with Gasteiger partial charge in [0.2, 0.25) is 0 Å². The predicted molar refractivity (Wildman–Crippen MR) is 65.1 cm³/mol. The Morgan fingerprint density at radius 3 is 2.84 bits per heavy atom. The van der Waals surface area contributed by atoms with Crippen LogP contribution in [0.3, 0.4) is 0 Å². The Morgan fingerprint density at radius 1 is 1.37 bits per heavy atom. The molecular weight excluding hydrogens is 255 g/mol. The Hall–Kier alpha value is -1.23. The minimum atomic E-state index is -4.31. The summed E-state index contributed by atoms with van der Waals surface area (Å²) in [5.74, 6) is 0.408. The molecule has 2 unspecified atom stereocenters. The standard InChI is InChI=1S/C14H16F3NO/c1-2-18-7-3-4-11-13(18)10-6-5-9(14(15,16)17)8-12(10)19-11/h5-6,8,11,13H,2-4,7H2,1H3. The van der Waals surface area contributed by atoms with Crippen LogP contribution >= 0.6 is 0 Å². The van der Waals surface area contributed by atoms with Gasteiger partial charge in [0.05, 0.1) is 11.6 Å². The van der Waals surface area contributed by atoms with Crippen LogP contribution in [-0.4, -0.2) is 24.1 Å². The number of piperidine rings is 1. The molecule has 0 aromatic heterocycles. The zero-order chi connectivity index (χ0) is 13.6. The first-order chi connectivity index (χ1) is 9.00. The third-order valence-electron chi connectivity index (χ3n) is 4.02. The molecule has 0 saturated carbocycles. The molecule has 0 N–H and O–H groups in total. The average Bonchev–Trinajstić information content (AvgIpc) is 2.74. The van der Waals surface area contributed by atoms with Crippen LogP contribution < -0.4 is 4.74 Å². The SMILES string of the molecule is CCN1CCCC2Oc3cc(C(F)(F)F)ccc3C21. The van der Waals surface area contributed by atoms with Crippen LogP contribution in [0.4, 0.5) is 13.2 Å². The Morgan fingerprint density at radius 2 is 2.16 bits per heavy atom. The first kappa shape index (κ1) is 12.8. The van der Waals surface area contributed by atoms with Crippen LogP contribution in [0.2, 0.25) is 0 Å². The van der Waals surface area contributed by atoms with Gasteiger partial charge in [-0.15, -0.1) is 0 Å². The molecule has 0 amide bonds. The van der Waals surface area contributed by atoms with Crippen LogP contribution in [-0.2, 0) is 6.18 Å². The van der Waals surface area contributed by atoms with Crippen molar-refractivity contribution >= 4 is 0 Å². The minimum absolute atomic E-state index is 0.00665. The molecule has 19 heavy (non-hydrogen) atoms. The number of nitrogens with zero attached hydrogens (tertiary/aromatic N) is 1. The second-order valence-electron chi connectivity index (χ2n) is 5.12. The fourth-order valence-corrected chi connectivity index (χ4v) is 3.12. The number of benzene rings is 1. The van der Waals surface area contributed by atoms with Crippen molar-refractivity contribution in [2.45, 2.75) is 38.1 Å². The molecule has 2 atom stereocenters. The Kier molecular flexibility index (Phi) is 2.96. The van der Waals surface area contributed by atoms with Crippen LogP contribution in [0.15, 0.2) is 18.2 Å². The zero-order valence-electron chi connectivity index (χ0n) is 10.7. The van der Waals surface area contributed by atoms with Gasteiger partial charge in [0, 0.05) is 5.56 Å². The van der Waals surface area contributed by atoms with Crippen LogP contribution in [0.25, 0.3) is 0 Å². The number of ether oxygens (including phenoxy) is 1. The lowest BCUT2D eigenvalue weighted by atomic mass is 9.94. The number of hydrogen-bond acceptors (Lipinski definition) is 2. The summed E-state index contributed by atoms with van der Waals surface area (Å²) in [5, 5.41) is 0. The summed E-state index contributed by atoms with van der Waals surface area (Å²) in [7, 11) is 0. The van der Waals surface area contributed by atoms with Crippen molar-refractivity contribution in [1.82, 2.24) is 4.90 Å². The van der Waals surface area contributed by atoms with Gasteiger partial charge in [-0.05, 0) is 38.1 Å². The highest BCUT2D eigenvalue weighted by atomic mass is 19.4. The molecule has 0 aliphatic carbocycles. The van der Waals surface area contributed by atoms with Gasteiger partial charge in [0.1, 0.15) is 11.9 Å². The fourth-order valence-electron chi connectivity index (χ4n) is 3.12. The second-order valence-corrected chi connectivity index (χ2v) is 5.12. The molecule has 3 rings (SSSR count). The van der Waals surface area contributed by atoms with E-state index in [9.17, 15) is 13.2 Å². The highest BCUT2D eigenvalue weighted by Gasteiger charge is 2.41. The van der Waals surface area contributed by atoms with E-state index in [1.54, 1.807) is 6.07 Å². The maximum Gasteiger partial charge on any atom is 0.416 e. The summed E-state index contributed by atoms with van der Waals surface area (Å²) in [6.07, 6.45) is -2.35. The molecule has 1 fully saturated rings. The molecular formula is C14H16F3NO. The van der Waals surface area contributed by atoms with E-state index >= 15 is 0 Å². The van der Waals surface area contributed by atoms with Gasteiger partial charge in [-0.1, -0.05) is 13.0 Å². The maximum absolute atomic E-state index is 12.7. The molecule has 0 bridgehead atoms. The molecule has 2 nitrogen and oxygen atoms in total. The van der Waals surface area contributed by atoms with Crippen LogP contribution in [0, 0.1) is 0 Å². The van der Waals surface area contributed by atoms with Crippen molar-refractivity contribution in [2.24, 2.45) is 0 Å². The molecule has 5 heteroatoms. The molecule has 1 aromatic rings.